The Morgan fingerprint density at radius 2 is 2.14 bits per heavy atom. The molecule has 0 spiro atoms. The van der Waals surface area contributed by atoms with Gasteiger partial charge >= 0.3 is 0 Å². The minimum Gasteiger partial charge on any atom is -0.365 e. The van der Waals surface area contributed by atoms with Crippen molar-refractivity contribution < 1.29 is 4.79 Å². The summed E-state index contributed by atoms with van der Waals surface area (Å²) in [6.45, 7) is 5.77. The molecule has 2 aromatic heterocycles. The standard InChI is InChI=1S/C15H22N6O/c1-10(2)7-12(22)21-5-3-11(4-6-21)20-15-13-14(17-8-16-13)18-9-19-15/h8-11H,3-7H2,1-2H3,(H2,16,17,18,19,20). The van der Waals surface area contributed by atoms with E-state index in [1.54, 1.807) is 6.33 Å². The van der Waals surface area contributed by atoms with Crippen molar-refractivity contribution in [3.8, 4) is 0 Å². The van der Waals surface area contributed by atoms with Crippen molar-refractivity contribution in [1.82, 2.24) is 24.8 Å². The summed E-state index contributed by atoms with van der Waals surface area (Å²) in [5.41, 5.74) is 1.50. The molecular formula is C15H22N6O. The quantitative estimate of drug-likeness (QED) is 0.899. The second-order valence-electron chi connectivity index (χ2n) is 6.22. The van der Waals surface area contributed by atoms with Crippen LogP contribution in [0.2, 0.25) is 0 Å². The van der Waals surface area contributed by atoms with Crippen LogP contribution in [-0.2, 0) is 4.79 Å². The smallest absolute Gasteiger partial charge is 0.222 e. The van der Waals surface area contributed by atoms with E-state index < -0.39 is 0 Å². The van der Waals surface area contributed by atoms with E-state index in [0.29, 0.717) is 24.0 Å². The largest absolute Gasteiger partial charge is 0.365 e. The second kappa shape index (κ2) is 6.29. The zero-order valence-electron chi connectivity index (χ0n) is 13.0. The molecule has 0 bridgehead atoms. The molecule has 0 saturated carbocycles. The lowest BCUT2D eigenvalue weighted by atomic mass is 10.0. The van der Waals surface area contributed by atoms with Crippen molar-refractivity contribution in [1.29, 1.82) is 0 Å². The van der Waals surface area contributed by atoms with Gasteiger partial charge in [0.05, 0.1) is 6.33 Å². The maximum Gasteiger partial charge on any atom is 0.222 e. The fourth-order valence-corrected chi connectivity index (χ4v) is 2.82. The van der Waals surface area contributed by atoms with Crippen LogP contribution >= 0.6 is 0 Å². The van der Waals surface area contributed by atoms with Crippen molar-refractivity contribution >= 4 is 22.9 Å². The molecule has 118 valence electrons. The number of aromatic amines is 1. The predicted octanol–water partition coefficient (Wildman–Crippen LogP) is 1.80. The van der Waals surface area contributed by atoms with E-state index in [4.69, 9.17) is 0 Å². The molecular weight excluding hydrogens is 280 g/mol. The Balaban J connectivity index is 1.58. The number of rotatable bonds is 4. The van der Waals surface area contributed by atoms with Crippen LogP contribution in [0.25, 0.3) is 11.2 Å². The number of hydrogen-bond donors (Lipinski definition) is 2. The van der Waals surface area contributed by atoms with Crippen molar-refractivity contribution in [3.05, 3.63) is 12.7 Å². The molecule has 1 amide bonds. The molecule has 0 aromatic carbocycles. The van der Waals surface area contributed by atoms with E-state index in [9.17, 15) is 4.79 Å². The number of imidazole rings is 1. The summed E-state index contributed by atoms with van der Waals surface area (Å²) in [7, 11) is 0. The van der Waals surface area contributed by atoms with Crippen LogP contribution in [-0.4, -0.2) is 49.9 Å². The summed E-state index contributed by atoms with van der Waals surface area (Å²) in [5, 5.41) is 3.45. The van der Waals surface area contributed by atoms with E-state index in [-0.39, 0.29) is 5.91 Å². The number of amides is 1. The SMILES string of the molecule is CC(C)CC(=O)N1CCC(Nc2ncnc3nc[nH]c23)CC1. The molecule has 0 unspecified atom stereocenters. The molecule has 1 aliphatic rings. The van der Waals surface area contributed by atoms with Gasteiger partial charge in [0, 0.05) is 25.6 Å². The number of H-pyrrole nitrogens is 1. The minimum absolute atomic E-state index is 0.270. The Morgan fingerprint density at radius 3 is 2.86 bits per heavy atom. The van der Waals surface area contributed by atoms with Crippen molar-refractivity contribution in [2.24, 2.45) is 5.92 Å². The molecule has 7 heteroatoms. The molecule has 1 fully saturated rings. The van der Waals surface area contributed by atoms with Crippen molar-refractivity contribution in [3.63, 3.8) is 0 Å². The fraction of sp³-hybridized carbons (Fsp3) is 0.600. The molecule has 0 atom stereocenters. The van der Waals surface area contributed by atoms with Gasteiger partial charge in [-0.25, -0.2) is 15.0 Å². The average molecular weight is 302 g/mol. The number of piperidine rings is 1. The summed E-state index contributed by atoms with van der Waals surface area (Å²) >= 11 is 0. The molecule has 0 radical (unpaired) electrons. The normalized spacial score (nSPS) is 16.4. The summed E-state index contributed by atoms with van der Waals surface area (Å²) in [6.07, 6.45) is 5.65. The van der Waals surface area contributed by atoms with Gasteiger partial charge < -0.3 is 15.2 Å². The topological polar surface area (TPSA) is 86.8 Å². The summed E-state index contributed by atoms with van der Waals surface area (Å²) in [6, 6.07) is 0.324. The molecule has 2 aromatic rings. The van der Waals surface area contributed by atoms with E-state index in [1.807, 2.05) is 4.90 Å². The third-order valence-electron chi connectivity index (χ3n) is 3.99. The number of anilines is 1. The first-order valence-corrected chi connectivity index (χ1v) is 7.82. The average Bonchev–Trinajstić information content (AvgIpc) is 2.97. The monoisotopic (exact) mass is 302 g/mol. The van der Waals surface area contributed by atoms with E-state index in [2.05, 4.69) is 39.1 Å². The lowest BCUT2D eigenvalue weighted by molar-refractivity contribution is -0.132. The Morgan fingerprint density at radius 1 is 1.36 bits per heavy atom. The highest BCUT2D eigenvalue weighted by atomic mass is 16.2. The van der Waals surface area contributed by atoms with Crippen LogP contribution < -0.4 is 5.32 Å². The molecule has 3 heterocycles. The Kier molecular flexibility index (Phi) is 4.22. The number of carbonyl (C=O) groups is 1. The van der Waals surface area contributed by atoms with Crippen molar-refractivity contribution in [2.45, 2.75) is 39.2 Å². The van der Waals surface area contributed by atoms with E-state index in [1.165, 1.54) is 6.33 Å². The van der Waals surface area contributed by atoms with Crippen molar-refractivity contribution in [2.75, 3.05) is 18.4 Å². The number of carbonyl (C=O) groups excluding carboxylic acids is 1. The molecule has 3 rings (SSSR count). The summed E-state index contributed by atoms with van der Waals surface area (Å²) < 4.78 is 0. The van der Waals surface area contributed by atoms with Crippen LogP contribution in [0, 0.1) is 5.92 Å². The van der Waals surface area contributed by atoms with Gasteiger partial charge in [0.2, 0.25) is 5.91 Å². The van der Waals surface area contributed by atoms with Crippen LogP contribution in [0.4, 0.5) is 5.82 Å². The molecule has 0 aliphatic carbocycles. The zero-order chi connectivity index (χ0) is 15.5. The zero-order valence-corrected chi connectivity index (χ0v) is 13.0. The number of aromatic nitrogens is 4. The predicted molar refractivity (Wildman–Crippen MR) is 84.4 cm³/mol. The lowest BCUT2D eigenvalue weighted by Crippen LogP contribution is -2.42. The highest BCUT2D eigenvalue weighted by Crippen LogP contribution is 2.20. The highest BCUT2D eigenvalue weighted by molar-refractivity contribution is 5.82. The summed E-state index contributed by atoms with van der Waals surface area (Å²) in [5.74, 6) is 1.47. The first-order valence-electron chi connectivity index (χ1n) is 7.82. The maximum atomic E-state index is 12.1. The van der Waals surface area contributed by atoms with Gasteiger partial charge in [-0.2, -0.15) is 0 Å². The number of hydrogen-bond acceptors (Lipinski definition) is 5. The van der Waals surface area contributed by atoms with Gasteiger partial charge in [-0.1, -0.05) is 13.8 Å². The van der Waals surface area contributed by atoms with Gasteiger partial charge in [-0.3, -0.25) is 4.79 Å². The number of nitrogens with zero attached hydrogens (tertiary/aromatic N) is 4. The first kappa shape index (κ1) is 14.7. The Hall–Kier alpha value is -2.18. The van der Waals surface area contributed by atoms with Gasteiger partial charge in [0.25, 0.3) is 0 Å². The van der Waals surface area contributed by atoms with Gasteiger partial charge in [-0.15, -0.1) is 0 Å². The number of fused-ring (bicyclic) bond motifs is 1. The minimum atomic E-state index is 0.270. The molecule has 1 saturated heterocycles. The third kappa shape index (κ3) is 3.18. The third-order valence-corrected chi connectivity index (χ3v) is 3.99. The molecule has 22 heavy (non-hydrogen) atoms. The first-order chi connectivity index (χ1) is 10.6. The fourth-order valence-electron chi connectivity index (χ4n) is 2.82. The maximum absolute atomic E-state index is 12.1. The molecule has 1 aliphatic heterocycles. The highest BCUT2D eigenvalue weighted by Gasteiger charge is 2.23. The van der Waals surface area contributed by atoms with Gasteiger partial charge in [0.15, 0.2) is 11.5 Å². The van der Waals surface area contributed by atoms with Crippen LogP contribution in [0.5, 0.6) is 0 Å². The Bertz CT molecular complexity index is 644. The van der Waals surface area contributed by atoms with Gasteiger partial charge in [0.1, 0.15) is 11.8 Å². The second-order valence-corrected chi connectivity index (χ2v) is 6.22. The number of nitrogens with one attached hydrogen (secondary N) is 2. The number of likely N-dealkylation sites (tertiary alicyclic amines) is 1. The van der Waals surface area contributed by atoms with Crippen LogP contribution in [0.15, 0.2) is 12.7 Å². The van der Waals surface area contributed by atoms with Crippen LogP contribution in [0.3, 0.4) is 0 Å². The molecule has 7 nitrogen and oxygen atoms in total. The van der Waals surface area contributed by atoms with E-state index in [0.717, 1.165) is 37.3 Å². The van der Waals surface area contributed by atoms with Crippen LogP contribution in [0.1, 0.15) is 33.1 Å². The lowest BCUT2D eigenvalue weighted by Gasteiger charge is -2.33. The van der Waals surface area contributed by atoms with Gasteiger partial charge in [-0.05, 0) is 18.8 Å². The summed E-state index contributed by atoms with van der Waals surface area (Å²) in [4.78, 5) is 29.7. The Labute approximate surface area is 129 Å². The molecule has 2 N–H and O–H groups in total. The van der Waals surface area contributed by atoms with E-state index >= 15 is 0 Å².